The van der Waals surface area contributed by atoms with E-state index in [2.05, 4.69) is 81.5 Å². The molecule has 0 spiro atoms. The number of carbonyl (C=O) groups excluding carboxylic acids is 1. The van der Waals surface area contributed by atoms with E-state index in [1.165, 1.54) is 12.0 Å². The van der Waals surface area contributed by atoms with Gasteiger partial charge in [-0.2, -0.15) is 5.10 Å². The van der Waals surface area contributed by atoms with Crippen LogP contribution in [0.5, 0.6) is 0 Å². The zero-order valence-electron chi connectivity index (χ0n) is 22.2. The average molecular weight is 514 g/mol. The van der Waals surface area contributed by atoms with Crippen molar-refractivity contribution in [2.75, 3.05) is 5.43 Å². The summed E-state index contributed by atoms with van der Waals surface area (Å²) < 4.78 is 0. The SMILES string of the molecule is CC(C)=NNc1nccc2nc(-c3ccc(CNC(=O)CC4=CC=CC5CC45)cc3)c(-c3ccccc3)cc12. The summed E-state index contributed by atoms with van der Waals surface area (Å²) in [5.74, 6) is 1.99. The number of nitrogens with one attached hydrogen (secondary N) is 2. The molecule has 2 aromatic carbocycles. The van der Waals surface area contributed by atoms with Gasteiger partial charge in [-0.05, 0) is 55.4 Å². The van der Waals surface area contributed by atoms with Crippen molar-refractivity contribution in [3.63, 3.8) is 0 Å². The van der Waals surface area contributed by atoms with Crippen molar-refractivity contribution < 1.29 is 4.79 Å². The Kier molecular flexibility index (Phi) is 6.76. The normalized spacial score (nSPS) is 17.2. The molecule has 1 amide bonds. The van der Waals surface area contributed by atoms with Gasteiger partial charge in [0.2, 0.25) is 5.91 Å². The summed E-state index contributed by atoms with van der Waals surface area (Å²) in [6, 6.07) is 22.6. The van der Waals surface area contributed by atoms with Crippen molar-refractivity contribution in [1.82, 2.24) is 15.3 Å². The van der Waals surface area contributed by atoms with Crippen molar-refractivity contribution in [1.29, 1.82) is 0 Å². The maximum absolute atomic E-state index is 12.6. The molecule has 0 saturated heterocycles. The van der Waals surface area contributed by atoms with Crippen molar-refractivity contribution in [2.24, 2.45) is 16.9 Å². The Hall–Kier alpha value is -4.58. The predicted octanol–water partition coefficient (Wildman–Crippen LogP) is 6.91. The van der Waals surface area contributed by atoms with Gasteiger partial charge in [-0.25, -0.2) is 9.97 Å². The molecule has 2 aromatic heterocycles. The molecule has 2 aliphatic carbocycles. The van der Waals surface area contributed by atoms with E-state index < -0.39 is 0 Å². The Bertz CT molecular complexity index is 1620. The van der Waals surface area contributed by atoms with Crippen molar-refractivity contribution >= 4 is 28.3 Å². The minimum Gasteiger partial charge on any atom is -0.352 e. The Morgan fingerprint density at radius 1 is 1.03 bits per heavy atom. The quantitative estimate of drug-likeness (QED) is 0.198. The lowest BCUT2D eigenvalue weighted by Crippen LogP contribution is -2.23. The van der Waals surface area contributed by atoms with Gasteiger partial charge < -0.3 is 5.32 Å². The molecule has 6 heteroatoms. The van der Waals surface area contributed by atoms with Crippen molar-refractivity contribution in [2.45, 2.75) is 33.2 Å². The molecule has 2 unspecified atom stereocenters. The average Bonchev–Trinajstić information content (AvgIpc) is 3.76. The summed E-state index contributed by atoms with van der Waals surface area (Å²) in [5, 5.41) is 8.34. The summed E-state index contributed by atoms with van der Waals surface area (Å²) in [6.07, 6.45) is 9.87. The number of hydrogen-bond donors (Lipinski definition) is 2. The van der Waals surface area contributed by atoms with Crippen LogP contribution in [-0.2, 0) is 11.3 Å². The zero-order chi connectivity index (χ0) is 26.8. The van der Waals surface area contributed by atoms with Crippen LogP contribution in [0.15, 0.2) is 102 Å². The van der Waals surface area contributed by atoms with E-state index in [0.29, 0.717) is 30.6 Å². The van der Waals surface area contributed by atoms with Gasteiger partial charge in [0.15, 0.2) is 5.82 Å². The third-order valence-corrected chi connectivity index (χ3v) is 7.28. The second-order valence-corrected chi connectivity index (χ2v) is 10.4. The lowest BCUT2D eigenvalue weighted by Gasteiger charge is -2.14. The van der Waals surface area contributed by atoms with Crippen LogP contribution in [-0.4, -0.2) is 21.6 Å². The number of hydrazone groups is 1. The number of nitrogens with zero attached hydrogens (tertiary/aromatic N) is 3. The molecule has 6 nitrogen and oxygen atoms in total. The van der Waals surface area contributed by atoms with Crippen LogP contribution in [0.3, 0.4) is 0 Å². The maximum atomic E-state index is 12.6. The highest BCUT2D eigenvalue weighted by atomic mass is 16.1. The first-order valence-corrected chi connectivity index (χ1v) is 13.4. The van der Waals surface area contributed by atoms with Crippen LogP contribution in [0.2, 0.25) is 0 Å². The Labute approximate surface area is 228 Å². The molecule has 0 radical (unpaired) electrons. The third kappa shape index (κ3) is 5.50. The van der Waals surface area contributed by atoms with Gasteiger partial charge in [-0.1, -0.05) is 78.4 Å². The number of rotatable bonds is 8. The molecule has 0 bridgehead atoms. The number of anilines is 1. The third-order valence-electron chi connectivity index (χ3n) is 7.28. The van der Waals surface area contributed by atoms with Crippen LogP contribution in [0.25, 0.3) is 33.3 Å². The van der Waals surface area contributed by atoms with E-state index in [4.69, 9.17) is 4.98 Å². The van der Waals surface area contributed by atoms with Gasteiger partial charge in [-0.15, -0.1) is 0 Å². The number of allylic oxidation sites excluding steroid dienone is 3. The molecule has 39 heavy (non-hydrogen) atoms. The molecule has 2 heterocycles. The first-order valence-electron chi connectivity index (χ1n) is 13.4. The van der Waals surface area contributed by atoms with Gasteiger partial charge in [0.1, 0.15) is 0 Å². The number of carbonyl (C=O) groups is 1. The van der Waals surface area contributed by atoms with Gasteiger partial charge in [0, 0.05) is 41.4 Å². The number of hydrogen-bond acceptors (Lipinski definition) is 5. The second kappa shape index (κ2) is 10.7. The molecule has 1 fully saturated rings. The van der Waals surface area contributed by atoms with Crippen molar-refractivity contribution in [3.8, 4) is 22.4 Å². The molecule has 2 N–H and O–H groups in total. The number of pyridine rings is 2. The fraction of sp³-hybridized carbons (Fsp3) is 0.212. The molecule has 4 aromatic rings. The maximum Gasteiger partial charge on any atom is 0.224 e. The molecule has 1 saturated carbocycles. The Morgan fingerprint density at radius 3 is 2.64 bits per heavy atom. The van der Waals surface area contributed by atoms with E-state index in [1.54, 1.807) is 6.20 Å². The molecule has 2 atom stereocenters. The molecule has 194 valence electrons. The fourth-order valence-corrected chi connectivity index (χ4v) is 5.13. The number of aromatic nitrogens is 2. The largest absolute Gasteiger partial charge is 0.352 e. The Balaban J connectivity index is 1.26. The van der Waals surface area contributed by atoms with Gasteiger partial charge in [-0.3, -0.25) is 10.2 Å². The van der Waals surface area contributed by atoms with Crippen LogP contribution < -0.4 is 10.7 Å². The van der Waals surface area contributed by atoms with E-state index in [-0.39, 0.29) is 5.91 Å². The van der Waals surface area contributed by atoms with E-state index >= 15 is 0 Å². The lowest BCUT2D eigenvalue weighted by molar-refractivity contribution is -0.120. The van der Waals surface area contributed by atoms with Crippen molar-refractivity contribution in [3.05, 3.63) is 102 Å². The minimum atomic E-state index is 0.0782. The second-order valence-electron chi connectivity index (χ2n) is 10.4. The topological polar surface area (TPSA) is 79.3 Å². The fourth-order valence-electron chi connectivity index (χ4n) is 5.13. The first-order chi connectivity index (χ1) is 19.0. The van der Waals surface area contributed by atoms with Gasteiger partial charge >= 0.3 is 0 Å². The summed E-state index contributed by atoms with van der Waals surface area (Å²) in [4.78, 5) is 22.2. The molecule has 6 rings (SSSR count). The van der Waals surface area contributed by atoms with Crippen LogP contribution >= 0.6 is 0 Å². The highest BCUT2D eigenvalue weighted by molar-refractivity contribution is 5.97. The smallest absolute Gasteiger partial charge is 0.224 e. The summed E-state index contributed by atoms with van der Waals surface area (Å²) >= 11 is 0. The number of benzene rings is 2. The van der Waals surface area contributed by atoms with Crippen LogP contribution in [0.4, 0.5) is 5.82 Å². The number of fused-ring (bicyclic) bond motifs is 2. The molecule has 0 aliphatic heterocycles. The zero-order valence-corrected chi connectivity index (χ0v) is 22.2. The van der Waals surface area contributed by atoms with E-state index in [0.717, 1.165) is 44.6 Å². The predicted molar refractivity (Wildman–Crippen MR) is 158 cm³/mol. The minimum absolute atomic E-state index is 0.0782. The monoisotopic (exact) mass is 513 g/mol. The first kappa shape index (κ1) is 24.7. The van der Waals surface area contributed by atoms with Gasteiger partial charge in [0.05, 0.1) is 11.2 Å². The van der Waals surface area contributed by atoms with Crippen LogP contribution in [0, 0.1) is 11.8 Å². The standard InChI is InChI=1S/C33H31N5O/c1-21(2)37-38-33-29-19-28(23-7-4-3-5-8-23)32(36-30(29)15-16-34-33)24-13-11-22(12-14-24)20-35-31(39)18-26-10-6-9-25-17-27(25)26/h3-16,19,25,27H,17-18,20H2,1-2H3,(H,34,38)(H,35,39). The van der Waals surface area contributed by atoms with Crippen LogP contribution in [0.1, 0.15) is 32.3 Å². The Morgan fingerprint density at radius 2 is 1.85 bits per heavy atom. The lowest BCUT2D eigenvalue weighted by atomic mass is 9.97. The number of amides is 1. The molecular formula is C33H31N5O. The highest BCUT2D eigenvalue weighted by Crippen LogP contribution is 2.48. The summed E-state index contributed by atoms with van der Waals surface area (Å²) in [6.45, 7) is 4.38. The highest BCUT2D eigenvalue weighted by Gasteiger charge is 2.39. The molecule has 2 aliphatic rings. The molecular weight excluding hydrogens is 482 g/mol. The van der Waals surface area contributed by atoms with Gasteiger partial charge in [0.25, 0.3) is 0 Å². The van der Waals surface area contributed by atoms with E-state index in [1.807, 2.05) is 38.1 Å². The summed E-state index contributed by atoms with van der Waals surface area (Å²) in [5.41, 5.74) is 11.2. The van der Waals surface area contributed by atoms with E-state index in [9.17, 15) is 4.79 Å². The summed E-state index contributed by atoms with van der Waals surface area (Å²) in [7, 11) is 0.